The van der Waals surface area contributed by atoms with Crippen molar-refractivity contribution in [3.8, 4) is 0 Å². The van der Waals surface area contributed by atoms with Gasteiger partial charge in [-0.05, 0) is 43.9 Å². The molecular weight excluding hydrogens is 154 g/mol. The van der Waals surface area contributed by atoms with Crippen LogP contribution in [-0.2, 0) is 0 Å². The van der Waals surface area contributed by atoms with Gasteiger partial charge in [0.1, 0.15) is 0 Å². The molecule has 0 radical (unpaired) electrons. The highest BCUT2D eigenvalue weighted by Gasteiger charge is 2.25. The molecule has 3 atom stereocenters. The summed E-state index contributed by atoms with van der Waals surface area (Å²) in [5.41, 5.74) is 0. The molecule has 0 aromatic carbocycles. The first-order valence-electron chi connectivity index (χ1n) is 4.56. The van der Waals surface area contributed by atoms with Gasteiger partial charge in [-0.2, -0.15) is 12.6 Å². The summed E-state index contributed by atoms with van der Waals surface area (Å²) >= 11 is 4.34. The van der Waals surface area contributed by atoms with Crippen LogP contribution >= 0.6 is 12.6 Å². The maximum Gasteiger partial charge on any atom is 0.00926 e. The van der Waals surface area contributed by atoms with E-state index in [4.69, 9.17) is 0 Å². The standard InChI is InChI=1S/C9H19NS/c1-7-3-4-8(6-11)5-9(7)10-2/h7-11H,3-6H2,1-2H3. The summed E-state index contributed by atoms with van der Waals surface area (Å²) in [4.78, 5) is 0. The molecule has 2 heteroatoms. The van der Waals surface area contributed by atoms with Crippen molar-refractivity contribution in [3.63, 3.8) is 0 Å². The van der Waals surface area contributed by atoms with Gasteiger partial charge in [0, 0.05) is 6.04 Å². The van der Waals surface area contributed by atoms with E-state index < -0.39 is 0 Å². The normalized spacial score (nSPS) is 39.0. The average molecular weight is 173 g/mol. The zero-order chi connectivity index (χ0) is 8.27. The van der Waals surface area contributed by atoms with Gasteiger partial charge in [0.15, 0.2) is 0 Å². The number of nitrogens with one attached hydrogen (secondary N) is 1. The first kappa shape index (κ1) is 9.40. The van der Waals surface area contributed by atoms with Crippen molar-refractivity contribution in [1.82, 2.24) is 5.32 Å². The summed E-state index contributed by atoms with van der Waals surface area (Å²) in [5.74, 6) is 2.77. The van der Waals surface area contributed by atoms with Crippen LogP contribution in [0.3, 0.4) is 0 Å². The Hall–Kier alpha value is 0.310. The fraction of sp³-hybridized carbons (Fsp3) is 1.00. The van der Waals surface area contributed by atoms with Gasteiger partial charge in [-0.1, -0.05) is 6.92 Å². The van der Waals surface area contributed by atoms with Crippen molar-refractivity contribution in [3.05, 3.63) is 0 Å². The van der Waals surface area contributed by atoms with E-state index in [-0.39, 0.29) is 0 Å². The highest BCUT2D eigenvalue weighted by Crippen LogP contribution is 2.29. The second-order valence-electron chi connectivity index (χ2n) is 3.73. The summed E-state index contributed by atoms with van der Waals surface area (Å²) in [7, 11) is 2.07. The first-order valence-corrected chi connectivity index (χ1v) is 5.19. The summed E-state index contributed by atoms with van der Waals surface area (Å²) in [6.45, 7) is 2.34. The zero-order valence-electron chi connectivity index (χ0n) is 7.51. The van der Waals surface area contributed by atoms with Crippen molar-refractivity contribution in [2.75, 3.05) is 12.8 Å². The highest BCUT2D eigenvalue weighted by atomic mass is 32.1. The minimum absolute atomic E-state index is 0.737. The molecule has 11 heavy (non-hydrogen) atoms. The van der Waals surface area contributed by atoms with E-state index in [0.29, 0.717) is 0 Å². The van der Waals surface area contributed by atoms with Gasteiger partial charge in [-0.3, -0.25) is 0 Å². The Labute approximate surface area is 75.4 Å². The number of rotatable bonds is 2. The van der Waals surface area contributed by atoms with Gasteiger partial charge in [0.05, 0.1) is 0 Å². The van der Waals surface area contributed by atoms with Crippen molar-refractivity contribution in [2.45, 2.75) is 32.2 Å². The Bertz CT molecular complexity index is 116. The van der Waals surface area contributed by atoms with Gasteiger partial charge in [0.2, 0.25) is 0 Å². The summed E-state index contributed by atoms with van der Waals surface area (Å²) in [5, 5.41) is 3.38. The molecule has 0 heterocycles. The van der Waals surface area contributed by atoms with Crippen LogP contribution in [0.2, 0.25) is 0 Å². The van der Waals surface area contributed by atoms with Crippen molar-refractivity contribution >= 4 is 12.6 Å². The van der Waals surface area contributed by atoms with Crippen LogP contribution in [0.1, 0.15) is 26.2 Å². The number of hydrogen-bond acceptors (Lipinski definition) is 2. The fourth-order valence-corrected chi connectivity index (χ4v) is 2.31. The monoisotopic (exact) mass is 173 g/mol. The molecule has 1 rings (SSSR count). The quantitative estimate of drug-likeness (QED) is 0.608. The van der Waals surface area contributed by atoms with E-state index >= 15 is 0 Å². The lowest BCUT2D eigenvalue weighted by molar-refractivity contribution is 0.241. The molecule has 0 bridgehead atoms. The maximum atomic E-state index is 4.34. The molecule has 0 spiro atoms. The molecule has 0 saturated heterocycles. The molecule has 1 saturated carbocycles. The van der Waals surface area contributed by atoms with Gasteiger partial charge in [-0.15, -0.1) is 0 Å². The van der Waals surface area contributed by atoms with Gasteiger partial charge >= 0.3 is 0 Å². The van der Waals surface area contributed by atoms with E-state index in [1.165, 1.54) is 19.3 Å². The zero-order valence-corrected chi connectivity index (χ0v) is 8.40. The SMILES string of the molecule is CNC1CC(CS)CCC1C. The van der Waals surface area contributed by atoms with Crippen molar-refractivity contribution < 1.29 is 0 Å². The molecule has 0 aromatic rings. The summed E-state index contributed by atoms with van der Waals surface area (Å²) < 4.78 is 0. The van der Waals surface area contributed by atoms with Crippen LogP contribution < -0.4 is 5.32 Å². The molecule has 3 unspecified atom stereocenters. The Morgan fingerprint density at radius 1 is 1.45 bits per heavy atom. The molecule has 1 fully saturated rings. The molecule has 1 N–H and O–H groups in total. The minimum atomic E-state index is 0.737. The molecule has 1 nitrogen and oxygen atoms in total. The van der Waals surface area contributed by atoms with Gasteiger partial charge in [0.25, 0.3) is 0 Å². The molecule has 0 aromatic heterocycles. The van der Waals surface area contributed by atoms with Crippen LogP contribution in [-0.4, -0.2) is 18.8 Å². The molecule has 1 aliphatic rings. The van der Waals surface area contributed by atoms with Crippen LogP contribution in [0, 0.1) is 11.8 Å². The molecular formula is C9H19NS. The second kappa shape index (κ2) is 4.36. The Kier molecular flexibility index (Phi) is 3.73. The van der Waals surface area contributed by atoms with Gasteiger partial charge in [-0.25, -0.2) is 0 Å². The smallest absolute Gasteiger partial charge is 0.00926 e. The summed E-state index contributed by atoms with van der Waals surface area (Å²) in [6.07, 6.45) is 4.07. The fourth-order valence-electron chi connectivity index (χ4n) is 1.98. The largest absolute Gasteiger partial charge is 0.317 e. The maximum absolute atomic E-state index is 4.34. The third kappa shape index (κ3) is 2.38. The van der Waals surface area contributed by atoms with Crippen LogP contribution in [0.4, 0.5) is 0 Å². The molecule has 0 aliphatic heterocycles. The van der Waals surface area contributed by atoms with Crippen LogP contribution in [0.15, 0.2) is 0 Å². The lowest BCUT2D eigenvalue weighted by Crippen LogP contribution is -2.38. The molecule has 0 amide bonds. The Morgan fingerprint density at radius 2 is 2.18 bits per heavy atom. The van der Waals surface area contributed by atoms with Gasteiger partial charge < -0.3 is 5.32 Å². The third-order valence-electron chi connectivity index (χ3n) is 2.93. The molecule has 1 aliphatic carbocycles. The van der Waals surface area contributed by atoms with E-state index in [1.807, 2.05) is 0 Å². The minimum Gasteiger partial charge on any atom is -0.317 e. The molecule has 66 valence electrons. The van der Waals surface area contributed by atoms with E-state index in [0.717, 1.165) is 23.6 Å². The van der Waals surface area contributed by atoms with Crippen molar-refractivity contribution in [1.29, 1.82) is 0 Å². The van der Waals surface area contributed by atoms with Crippen LogP contribution in [0.25, 0.3) is 0 Å². The Morgan fingerprint density at radius 3 is 2.73 bits per heavy atom. The predicted molar refractivity (Wildman–Crippen MR) is 53.2 cm³/mol. The predicted octanol–water partition coefficient (Wildman–Crippen LogP) is 1.94. The highest BCUT2D eigenvalue weighted by molar-refractivity contribution is 7.80. The average Bonchev–Trinajstić information content (AvgIpc) is 2.05. The van der Waals surface area contributed by atoms with E-state index in [9.17, 15) is 0 Å². The van der Waals surface area contributed by atoms with Crippen molar-refractivity contribution in [2.24, 2.45) is 11.8 Å². The Balaban J connectivity index is 2.37. The number of thiol groups is 1. The second-order valence-corrected chi connectivity index (χ2v) is 4.10. The van der Waals surface area contributed by atoms with E-state index in [2.05, 4.69) is 31.9 Å². The topological polar surface area (TPSA) is 12.0 Å². The number of hydrogen-bond donors (Lipinski definition) is 2. The first-order chi connectivity index (χ1) is 5.27. The van der Waals surface area contributed by atoms with E-state index in [1.54, 1.807) is 0 Å². The third-order valence-corrected chi connectivity index (χ3v) is 3.45. The lowest BCUT2D eigenvalue weighted by atomic mass is 9.80. The van der Waals surface area contributed by atoms with Crippen LogP contribution in [0.5, 0.6) is 0 Å². The lowest BCUT2D eigenvalue weighted by Gasteiger charge is -2.33. The summed E-state index contributed by atoms with van der Waals surface area (Å²) in [6, 6.07) is 0.737.